The van der Waals surface area contributed by atoms with Gasteiger partial charge in [0, 0.05) is 13.1 Å². The number of benzene rings is 4. The van der Waals surface area contributed by atoms with E-state index in [0.29, 0.717) is 47.7 Å². The van der Waals surface area contributed by atoms with Gasteiger partial charge in [-0.15, -0.1) is 0 Å². The Morgan fingerprint density at radius 2 is 0.911 bits per heavy atom. The fourth-order valence-corrected chi connectivity index (χ4v) is 6.63. The van der Waals surface area contributed by atoms with Crippen LogP contribution < -0.4 is 18.9 Å². The molecular formula is C46H50N4O6. The number of methoxy groups -OCH3 is 2. The van der Waals surface area contributed by atoms with Crippen molar-refractivity contribution in [2.24, 2.45) is 9.98 Å². The van der Waals surface area contributed by atoms with Crippen molar-refractivity contribution in [3.05, 3.63) is 131 Å². The highest BCUT2D eigenvalue weighted by atomic mass is 16.5. The molecule has 0 aliphatic carbocycles. The van der Waals surface area contributed by atoms with E-state index in [4.69, 9.17) is 28.9 Å². The topological polar surface area (TPSA) is 102 Å². The smallest absolute Gasteiger partial charge is 0.278 e. The van der Waals surface area contributed by atoms with Crippen LogP contribution in [-0.2, 0) is 9.59 Å². The van der Waals surface area contributed by atoms with Gasteiger partial charge in [0.2, 0.25) is 0 Å². The Morgan fingerprint density at radius 1 is 0.536 bits per heavy atom. The highest BCUT2D eigenvalue weighted by Gasteiger charge is 2.33. The molecule has 0 N–H and O–H groups in total. The first-order chi connectivity index (χ1) is 27.1. The summed E-state index contributed by atoms with van der Waals surface area (Å²) in [7, 11) is 3.23. The number of rotatable bonds is 17. The van der Waals surface area contributed by atoms with E-state index in [-0.39, 0.29) is 24.0 Å². The zero-order valence-electron chi connectivity index (χ0n) is 33.0. The van der Waals surface area contributed by atoms with Gasteiger partial charge < -0.3 is 18.9 Å². The Balaban J connectivity index is 1.13. The van der Waals surface area contributed by atoms with Gasteiger partial charge in [-0.05, 0) is 112 Å². The number of para-hydroxylation sites is 2. The number of hydrogen-bond acceptors (Lipinski definition) is 8. The second-order valence-corrected chi connectivity index (χ2v) is 14.1. The summed E-state index contributed by atoms with van der Waals surface area (Å²) in [4.78, 5) is 40.9. The van der Waals surface area contributed by atoms with E-state index in [0.717, 1.165) is 59.4 Å². The van der Waals surface area contributed by atoms with Crippen molar-refractivity contribution < 1.29 is 28.5 Å². The summed E-state index contributed by atoms with van der Waals surface area (Å²) in [5.74, 6) is 3.66. The molecule has 0 spiro atoms. The van der Waals surface area contributed by atoms with Crippen LogP contribution in [0.2, 0.25) is 0 Å². The lowest BCUT2D eigenvalue weighted by molar-refractivity contribution is -0.123. The van der Waals surface area contributed by atoms with Crippen molar-refractivity contribution in [3.8, 4) is 23.0 Å². The summed E-state index contributed by atoms with van der Waals surface area (Å²) in [6, 6.07) is 30.5. The largest absolute Gasteiger partial charge is 0.496 e. The Morgan fingerprint density at radius 3 is 1.27 bits per heavy atom. The molecule has 0 radical (unpaired) electrons. The fourth-order valence-electron chi connectivity index (χ4n) is 6.63. The molecular weight excluding hydrogens is 705 g/mol. The first kappa shape index (κ1) is 39.5. The predicted octanol–water partition coefficient (Wildman–Crippen LogP) is 8.80. The standard InChI is InChI=1S/C46H50N4O6/c1-31(2)55-35-23-19-33(20-24-35)29-39-45(51)49(43(47-39)37-15-9-11-17-41(37)53-5)27-13-7-8-14-28-50-44(38-16-10-12-18-42(38)54-6)48-40(46(50)52)30-34-21-25-36(26-22-34)56-32(3)4/h9-12,15-26,29-32H,7-8,13-14,27-28H2,1-6H3/b39-29-,40-30+. The highest BCUT2D eigenvalue weighted by molar-refractivity contribution is 6.21. The van der Waals surface area contributed by atoms with Gasteiger partial charge in [-0.3, -0.25) is 19.4 Å². The molecule has 0 aromatic heterocycles. The van der Waals surface area contributed by atoms with Crippen molar-refractivity contribution >= 4 is 35.6 Å². The van der Waals surface area contributed by atoms with Crippen molar-refractivity contribution in [3.63, 3.8) is 0 Å². The molecule has 2 heterocycles. The third-order valence-corrected chi connectivity index (χ3v) is 9.21. The van der Waals surface area contributed by atoms with Crippen molar-refractivity contribution in [1.29, 1.82) is 0 Å². The molecule has 4 aromatic rings. The molecule has 2 amide bonds. The summed E-state index contributed by atoms with van der Waals surface area (Å²) in [5, 5.41) is 0. The van der Waals surface area contributed by atoms with Crippen molar-refractivity contribution in [2.45, 2.75) is 65.6 Å². The summed E-state index contributed by atoms with van der Waals surface area (Å²) in [6.07, 6.45) is 6.94. The molecule has 10 heteroatoms. The maximum Gasteiger partial charge on any atom is 0.278 e. The molecule has 0 bridgehead atoms. The van der Waals surface area contributed by atoms with E-state index in [2.05, 4.69) is 0 Å². The van der Waals surface area contributed by atoms with Gasteiger partial charge >= 0.3 is 0 Å². The number of amidine groups is 2. The summed E-state index contributed by atoms with van der Waals surface area (Å²) in [5.41, 5.74) is 3.95. The van der Waals surface area contributed by atoms with E-state index < -0.39 is 0 Å². The molecule has 56 heavy (non-hydrogen) atoms. The molecule has 10 nitrogen and oxygen atoms in total. The van der Waals surface area contributed by atoms with Crippen molar-refractivity contribution in [1.82, 2.24) is 9.80 Å². The van der Waals surface area contributed by atoms with E-state index in [1.807, 2.05) is 137 Å². The third kappa shape index (κ3) is 9.55. The maximum absolute atomic E-state index is 13.9. The van der Waals surface area contributed by atoms with Gasteiger partial charge in [-0.25, -0.2) is 9.98 Å². The minimum atomic E-state index is -0.157. The summed E-state index contributed by atoms with van der Waals surface area (Å²) < 4.78 is 22.9. The van der Waals surface area contributed by atoms with Crippen LogP contribution >= 0.6 is 0 Å². The quantitative estimate of drug-likeness (QED) is 0.0789. The average molecular weight is 755 g/mol. The Hall–Kier alpha value is -6.16. The molecule has 6 rings (SSSR count). The molecule has 0 unspecified atom stereocenters. The third-order valence-electron chi connectivity index (χ3n) is 9.21. The fraction of sp³-hybridized carbons (Fsp3) is 0.304. The molecule has 4 aromatic carbocycles. The monoisotopic (exact) mass is 754 g/mol. The van der Waals surface area contributed by atoms with Gasteiger partial charge in [-0.2, -0.15) is 0 Å². The van der Waals surface area contributed by atoms with E-state index in [9.17, 15) is 9.59 Å². The van der Waals surface area contributed by atoms with Crippen LogP contribution in [0, 0.1) is 0 Å². The van der Waals surface area contributed by atoms with Crippen LogP contribution in [0.15, 0.2) is 118 Å². The first-order valence-corrected chi connectivity index (χ1v) is 19.2. The first-order valence-electron chi connectivity index (χ1n) is 19.2. The van der Waals surface area contributed by atoms with Gasteiger partial charge in [0.05, 0.1) is 37.6 Å². The number of hydrogen-bond donors (Lipinski definition) is 0. The second-order valence-electron chi connectivity index (χ2n) is 14.1. The van der Waals surface area contributed by atoms with E-state index >= 15 is 0 Å². The van der Waals surface area contributed by atoms with E-state index in [1.165, 1.54) is 0 Å². The van der Waals surface area contributed by atoms with E-state index in [1.54, 1.807) is 24.0 Å². The van der Waals surface area contributed by atoms with Gasteiger partial charge in [0.25, 0.3) is 11.8 Å². The number of unbranched alkanes of at least 4 members (excludes halogenated alkanes) is 3. The zero-order valence-corrected chi connectivity index (χ0v) is 33.0. The number of ether oxygens (including phenoxy) is 4. The minimum Gasteiger partial charge on any atom is -0.496 e. The zero-order chi connectivity index (χ0) is 39.6. The Bertz CT molecular complexity index is 1980. The number of carbonyl (C=O) groups is 2. The molecule has 0 saturated carbocycles. The molecule has 2 aliphatic heterocycles. The van der Waals surface area contributed by atoms with Gasteiger partial charge in [-0.1, -0.05) is 61.4 Å². The Labute approximate surface area is 329 Å². The Kier molecular flexibility index (Phi) is 13.0. The minimum absolute atomic E-state index is 0.0689. The SMILES string of the molecule is COc1ccccc1C1=N/C(=C\c2ccc(OC(C)C)cc2)C(=O)N1CCCCCCN1C(=O)/C(=C\c2ccc(OC(C)C)cc2)N=C1c1ccccc1OC. The van der Waals surface area contributed by atoms with Gasteiger partial charge in [0.1, 0.15) is 46.1 Å². The second kappa shape index (κ2) is 18.4. The lowest BCUT2D eigenvalue weighted by Crippen LogP contribution is -2.34. The summed E-state index contributed by atoms with van der Waals surface area (Å²) >= 11 is 0. The van der Waals surface area contributed by atoms with Crippen LogP contribution in [0.1, 0.15) is 75.6 Å². The average Bonchev–Trinajstić information content (AvgIpc) is 3.67. The van der Waals surface area contributed by atoms with Crippen molar-refractivity contribution in [2.75, 3.05) is 27.3 Å². The molecule has 0 atom stereocenters. The predicted molar refractivity (Wildman–Crippen MR) is 221 cm³/mol. The van der Waals surface area contributed by atoms with Crippen LogP contribution in [0.5, 0.6) is 23.0 Å². The van der Waals surface area contributed by atoms with Crippen LogP contribution in [-0.4, -0.2) is 72.8 Å². The number of nitrogens with zero attached hydrogens (tertiary/aromatic N) is 4. The normalized spacial score (nSPS) is 15.6. The molecule has 0 saturated heterocycles. The van der Waals surface area contributed by atoms with Crippen LogP contribution in [0.3, 0.4) is 0 Å². The number of carbonyl (C=O) groups excluding carboxylic acids is 2. The molecule has 2 aliphatic rings. The molecule has 0 fully saturated rings. The lowest BCUT2D eigenvalue weighted by atomic mass is 10.1. The van der Waals surface area contributed by atoms with Crippen LogP contribution in [0.4, 0.5) is 0 Å². The van der Waals surface area contributed by atoms with Gasteiger partial charge in [0.15, 0.2) is 0 Å². The van der Waals surface area contributed by atoms with Crippen LogP contribution in [0.25, 0.3) is 12.2 Å². The highest BCUT2D eigenvalue weighted by Crippen LogP contribution is 2.30. The maximum atomic E-state index is 13.9. The molecule has 290 valence electrons. The number of aliphatic imine (C=N–C) groups is 2. The number of amides is 2. The summed E-state index contributed by atoms with van der Waals surface area (Å²) in [6.45, 7) is 8.91. The lowest BCUT2D eigenvalue weighted by Gasteiger charge is -2.21.